The van der Waals surface area contributed by atoms with E-state index in [1.807, 2.05) is 53.4 Å². The minimum atomic E-state index is 0.0246. The fourth-order valence-electron chi connectivity index (χ4n) is 3.92. The molecule has 2 aliphatic heterocycles. The maximum absolute atomic E-state index is 13.1. The fraction of sp³-hybridized carbons (Fsp3) is 0.435. The second-order valence-electron chi connectivity index (χ2n) is 7.60. The second-order valence-corrected chi connectivity index (χ2v) is 8.01. The molecule has 0 saturated carbocycles. The summed E-state index contributed by atoms with van der Waals surface area (Å²) in [5.41, 5.74) is 1.51. The first kappa shape index (κ1) is 20.2. The standard InChI is InChI=1S/C23H27ClN2O3/c24-21-9-3-1-6-18(21)17-29-22-10-4-2-8-20(22)23(27)26-13-11-25(12-14-26)16-19-7-5-15-28-19/h1-4,6,8-10,19H,5,7,11-17H2. The van der Waals surface area contributed by atoms with Crippen LogP contribution in [0.4, 0.5) is 0 Å². The van der Waals surface area contributed by atoms with E-state index in [2.05, 4.69) is 4.90 Å². The van der Waals surface area contributed by atoms with Crippen LogP contribution >= 0.6 is 11.6 Å². The highest BCUT2D eigenvalue weighted by atomic mass is 35.5. The van der Waals surface area contributed by atoms with Gasteiger partial charge in [0.15, 0.2) is 0 Å². The lowest BCUT2D eigenvalue weighted by molar-refractivity contribution is 0.0430. The van der Waals surface area contributed by atoms with Gasteiger partial charge >= 0.3 is 0 Å². The van der Waals surface area contributed by atoms with Crippen molar-refractivity contribution in [2.75, 3.05) is 39.3 Å². The van der Waals surface area contributed by atoms with Gasteiger partial charge in [-0.05, 0) is 31.0 Å². The van der Waals surface area contributed by atoms with Crippen LogP contribution in [0, 0.1) is 0 Å². The number of para-hydroxylation sites is 1. The van der Waals surface area contributed by atoms with Gasteiger partial charge in [0.25, 0.3) is 5.91 Å². The highest BCUT2D eigenvalue weighted by Crippen LogP contribution is 2.24. The molecule has 2 heterocycles. The molecular weight excluding hydrogens is 388 g/mol. The average Bonchev–Trinajstić information content (AvgIpc) is 3.26. The van der Waals surface area contributed by atoms with Crippen LogP contribution in [-0.2, 0) is 11.3 Å². The minimum absolute atomic E-state index is 0.0246. The van der Waals surface area contributed by atoms with Crippen LogP contribution in [0.25, 0.3) is 0 Å². The quantitative estimate of drug-likeness (QED) is 0.719. The smallest absolute Gasteiger partial charge is 0.257 e. The molecule has 0 radical (unpaired) electrons. The molecule has 2 fully saturated rings. The number of hydrogen-bond acceptors (Lipinski definition) is 4. The zero-order valence-corrected chi connectivity index (χ0v) is 17.3. The highest BCUT2D eigenvalue weighted by Gasteiger charge is 2.26. The summed E-state index contributed by atoms with van der Waals surface area (Å²) < 4.78 is 11.7. The Morgan fingerprint density at radius 1 is 1.07 bits per heavy atom. The molecular formula is C23H27ClN2O3. The van der Waals surface area contributed by atoms with E-state index in [-0.39, 0.29) is 5.91 Å². The number of benzene rings is 2. The molecule has 0 N–H and O–H groups in total. The van der Waals surface area contributed by atoms with Crippen LogP contribution in [0.15, 0.2) is 48.5 Å². The van der Waals surface area contributed by atoms with Gasteiger partial charge in [-0.15, -0.1) is 0 Å². The maximum Gasteiger partial charge on any atom is 0.257 e. The van der Waals surface area contributed by atoms with Crippen LogP contribution in [0.5, 0.6) is 5.75 Å². The molecule has 1 atom stereocenters. The first-order chi connectivity index (χ1) is 14.2. The van der Waals surface area contributed by atoms with Crippen molar-refractivity contribution in [2.45, 2.75) is 25.6 Å². The zero-order chi connectivity index (χ0) is 20.1. The molecule has 0 spiro atoms. The summed E-state index contributed by atoms with van der Waals surface area (Å²) in [4.78, 5) is 17.4. The maximum atomic E-state index is 13.1. The first-order valence-electron chi connectivity index (χ1n) is 10.3. The first-order valence-corrected chi connectivity index (χ1v) is 10.7. The number of carbonyl (C=O) groups is 1. The van der Waals surface area contributed by atoms with E-state index in [0.29, 0.717) is 29.0 Å². The van der Waals surface area contributed by atoms with Crippen molar-refractivity contribution in [3.63, 3.8) is 0 Å². The largest absolute Gasteiger partial charge is 0.488 e. The number of nitrogens with zero attached hydrogens (tertiary/aromatic N) is 2. The van der Waals surface area contributed by atoms with Crippen molar-refractivity contribution in [3.8, 4) is 5.75 Å². The Morgan fingerprint density at radius 3 is 2.59 bits per heavy atom. The summed E-state index contributed by atoms with van der Waals surface area (Å²) in [6.07, 6.45) is 2.67. The topological polar surface area (TPSA) is 42.0 Å². The van der Waals surface area contributed by atoms with Crippen LogP contribution < -0.4 is 4.74 Å². The molecule has 1 amide bonds. The molecule has 2 aromatic carbocycles. The van der Waals surface area contributed by atoms with Crippen molar-refractivity contribution < 1.29 is 14.3 Å². The molecule has 29 heavy (non-hydrogen) atoms. The third-order valence-electron chi connectivity index (χ3n) is 5.60. The lowest BCUT2D eigenvalue weighted by Crippen LogP contribution is -2.50. The van der Waals surface area contributed by atoms with Gasteiger partial charge in [0.1, 0.15) is 12.4 Å². The van der Waals surface area contributed by atoms with E-state index < -0.39 is 0 Å². The van der Waals surface area contributed by atoms with Crippen LogP contribution in [0.2, 0.25) is 5.02 Å². The summed E-state index contributed by atoms with van der Waals surface area (Å²) in [5, 5.41) is 0.665. The summed E-state index contributed by atoms with van der Waals surface area (Å²) in [6, 6.07) is 15.0. The predicted molar refractivity (Wildman–Crippen MR) is 114 cm³/mol. The number of piperazine rings is 1. The monoisotopic (exact) mass is 414 g/mol. The Balaban J connectivity index is 1.36. The predicted octanol–water partition coefficient (Wildman–Crippen LogP) is 3.86. The molecule has 2 saturated heterocycles. The van der Waals surface area contributed by atoms with Gasteiger partial charge in [-0.3, -0.25) is 9.69 Å². The van der Waals surface area contributed by atoms with E-state index >= 15 is 0 Å². The number of ether oxygens (including phenoxy) is 2. The Morgan fingerprint density at radius 2 is 1.83 bits per heavy atom. The van der Waals surface area contributed by atoms with Crippen LogP contribution in [0.1, 0.15) is 28.8 Å². The molecule has 0 bridgehead atoms. The van der Waals surface area contributed by atoms with Crippen molar-refractivity contribution >= 4 is 17.5 Å². The molecule has 4 rings (SSSR count). The van der Waals surface area contributed by atoms with Gasteiger partial charge in [-0.1, -0.05) is 41.9 Å². The van der Waals surface area contributed by atoms with Gasteiger partial charge in [-0.25, -0.2) is 0 Å². The normalized spacial score (nSPS) is 20.0. The molecule has 2 aliphatic rings. The van der Waals surface area contributed by atoms with E-state index in [0.717, 1.165) is 57.7 Å². The van der Waals surface area contributed by atoms with Gasteiger partial charge in [0.05, 0.1) is 11.7 Å². The van der Waals surface area contributed by atoms with Gasteiger partial charge in [0.2, 0.25) is 0 Å². The SMILES string of the molecule is O=C(c1ccccc1OCc1ccccc1Cl)N1CCN(CC2CCCO2)CC1. The van der Waals surface area contributed by atoms with E-state index in [1.54, 1.807) is 0 Å². The zero-order valence-electron chi connectivity index (χ0n) is 16.6. The van der Waals surface area contributed by atoms with E-state index in [9.17, 15) is 4.79 Å². The number of carbonyl (C=O) groups excluding carboxylic acids is 1. The van der Waals surface area contributed by atoms with Crippen molar-refractivity contribution in [1.29, 1.82) is 0 Å². The second kappa shape index (κ2) is 9.61. The van der Waals surface area contributed by atoms with Gasteiger partial charge in [0, 0.05) is 49.9 Å². The summed E-state index contributed by atoms with van der Waals surface area (Å²) in [7, 11) is 0. The van der Waals surface area contributed by atoms with Crippen molar-refractivity contribution in [2.24, 2.45) is 0 Å². The third-order valence-corrected chi connectivity index (χ3v) is 5.97. The van der Waals surface area contributed by atoms with E-state index in [1.165, 1.54) is 0 Å². The van der Waals surface area contributed by atoms with E-state index in [4.69, 9.17) is 21.1 Å². The van der Waals surface area contributed by atoms with Crippen molar-refractivity contribution in [3.05, 3.63) is 64.7 Å². The molecule has 0 aromatic heterocycles. The fourth-order valence-corrected chi connectivity index (χ4v) is 4.11. The Bertz CT molecular complexity index is 830. The molecule has 1 unspecified atom stereocenters. The molecule has 2 aromatic rings. The summed E-state index contributed by atoms with van der Waals surface area (Å²) in [6.45, 7) is 5.41. The Labute approximate surface area is 177 Å². The lowest BCUT2D eigenvalue weighted by atomic mass is 10.1. The molecule has 154 valence electrons. The lowest BCUT2D eigenvalue weighted by Gasteiger charge is -2.36. The molecule has 0 aliphatic carbocycles. The number of rotatable bonds is 6. The van der Waals surface area contributed by atoms with Crippen molar-refractivity contribution in [1.82, 2.24) is 9.80 Å². The molecule has 6 heteroatoms. The average molecular weight is 415 g/mol. The highest BCUT2D eigenvalue weighted by molar-refractivity contribution is 6.31. The molecule has 5 nitrogen and oxygen atoms in total. The summed E-state index contributed by atoms with van der Waals surface area (Å²) in [5.74, 6) is 0.621. The van der Waals surface area contributed by atoms with Gasteiger partial charge in [-0.2, -0.15) is 0 Å². The number of amides is 1. The third kappa shape index (κ3) is 5.10. The van der Waals surface area contributed by atoms with Crippen LogP contribution in [-0.4, -0.2) is 61.1 Å². The number of halogens is 1. The Hall–Kier alpha value is -2.08. The van der Waals surface area contributed by atoms with Gasteiger partial charge < -0.3 is 14.4 Å². The van der Waals surface area contributed by atoms with Crippen LogP contribution in [0.3, 0.4) is 0 Å². The minimum Gasteiger partial charge on any atom is -0.488 e. The number of hydrogen-bond donors (Lipinski definition) is 0. The Kier molecular flexibility index (Phi) is 6.70. The summed E-state index contributed by atoms with van der Waals surface area (Å²) >= 11 is 6.22.